The van der Waals surface area contributed by atoms with E-state index in [1.165, 1.54) is 0 Å². The van der Waals surface area contributed by atoms with Gasteiger partial charge in [-0.1, -0.05) is 0 Å². The first-order chi connectivity index (χ1) is 8.63. The zero-order valence-electron chi connectivity index (χ0n) is 9.72. The summed E-state index contributed by atoms with van der Waals surface area (Å²) in [5, 5.41) is 3.10. The van der Waals surface area contributed by atoms with E-state index in [4.69, 9.17) is 5.73 Å². The lowest BCUT2D eigenvalue weighted by Gasteiger charge is -2.03. The molecule has 0 aliphatic heterocycles. The van der Waals surface area contributed by atoms with Crippen LogP contribution in [0.3, 0.4) is 0 Å². The van der Waals surface area contributed by atoms with E-state index in [1.807, 2.05) is 22.9 Å². The van der Waals surface area contributed by atoms with Crippen LogP contribution in [0.1, 0.15) is 10.7 Å². The number of rotatable bonds is 2. The Kier molecular flexibility index (Phi) is 2.98. The maximum absolute atomic E-state index is 5.98. The topological polar surface area (TPSA) is 56.7 Å². The predicted octanol–water partition coefficient (Wildman–Crippen LogP) is 3.04. The number of thiazole rings is 1. The number of hydrogen-bond donors (Lipinski definition) is 1. The third kappa shape index (κ3) is 2.10. The van der Waals surface area contributed by atoms with Gasteiger partial charge < -0.3 is 10.3 Å². The molecule has 3 aromatic rings. The van der Waals surface area contributed by atoms with E-state index in [-0.39, 0.29) is 0 Å². The fraction of sp³-hybridized carbons (Fsp3) is 0.167. The largest absolute Gasteiger partial charge is 0.369 e. The Bertz CT molecular complexity index is 716. The highest BCUT2D eigenvalue weighted by Gasteiger charge is 2.10. The fourth-order valence-electron chi connectivity index (χ4n) is 1.90. The monoisotopic (exact) mass is 370 g/mol. The molecule has 0 spiro atoms. The number of nitrogen functional groups attached to an aromatic ring is 1. The summed E-state index contributed by atoms with van der Waals surface area (Å²) in [5.74, 6) is 0.542. The van der Waals surface area contributed by atoms with E-state index in [9.17, 15) is 0 Å². The maximum Gasteiger partial charge on any atom is 0.201 e. The van der Waals surface area contributed by atoms with Crippen LogP contribution in [0.4, 0.5) is 5.95 Å². The molecule has 2 aromatic heterocycles. The van der Waals surface area contributed by atoms with Crippen LogP contribution in [0.25, 0.3) is 11.0 Å². The van der Waals surface area contributed by atoms with E-state index >= 15 is 0 Å². The molecule has 2 heterocycles. The van der Waals surface area contributed by atoms with Crippen LogP contribution < -0.4 is 5.73 Å². The Morgan fingerprint density at radius 1 is 1.39 bits per heavy atom. The second kappa shape index (κ2) is 4.51. The van der Waals surface area contributed by atoms with Crippen molar-refractivity contribution in [3.8, 4) is 0 Å². The number of imidazole rings is 1. The van der Waals surface area contributed by atoms with Crippen molar-refractivity contribution in [3.63, 3.8) is 0 Å². The van der Waals surface area contributed by atoms with E-state index in [2.05, 4.69) is 44.7 Å². The molecular weight excluding hydrogens is 359 g/mol. The highest BCUT2D eigenvalue weighted by atomic mass is 127. The molecule has 2 N–H and O–H groups in total. The number of halogens is 1. The Balaban J connectivity index is 2.08. The minimum atomic E-state index is 0.542. The number of hydrogen-bond acceptors (Lipinski definition) is 4. The summed E-state index contributed by atoms with van der Waals surface area (Å²) in [7, 11) is 0. The molecule has 0 atom stereocenters. The lowest BCUT2D eigenvalue weighted by Crippen LogP contribution is -2.04. The van der Waals surface area contributed by atoms with E-state index in [0.717, 1.165) is 25.3 Å². The molecule has 6 heteroatoms. The Hall–Kier alpha value is -1.15. The molecule has 1 aromatic carbocycles. The van der Waals surface area contributed by atoms with Crippen molar-refractivity contribution in [1.82, 2.24) is 14.5 Å². The van der Waals surface area contributed by atoms with Gasteiger partial charge in [0.05, 0.1) is 17.6 Å². The number of aromatic nitrogens is 3. The van der Waals surface area contributed by atoms with Crippen LogP contribution in [0.2, 0.25) is 0 Å². The molecular formula is C12H11IN4S. The number of fused-ring (bicyclic) bond motifs is 1. The average Bonchev–Trinajstić information content (AvgIpc) is 2.84. The van der Waals surface area contributed by atoms with Gasteiger partial charge in [0.15, 0.2) is 0 Å². The van der Waals surface area contributed by atoms with Gasteiger partial charge in [-0.3, -0.25) is 0 Å². The zero-order chi connectivity index (χ0) is 12.7. The molecule has 0 aliphatic carbocycles. The first-order valence-electron chi connectivity index (χ1n) is 5.46. The van der Waals surface area contributed by atoms with Gasteiger partial charge in [-0.2, -0.15) is 0 Å². The van der Waals surface area contributed by atoms with Gasteiger partial charge in [0.2, 0.25) is 5.95 Å². The quantitative estimate of drug-likeness (QED) is 0.706. The predicted molar refractivity (Wildman–Crippen MR) is 82.8 cm³/mol. The van der Waals surface area contributed by atoms with Crippen molar-refractivity contribution in [3.05, 3.63) is 37.9 Å². The van der Waals surface area contributed by atoms with Crippen LogP contribution in [-0.2, 0) is 6.54 Å². The summed E-state index contributed by atoms with van der Waals surface area (Å²) in [6.45, 7) is 2.68. The Labute approximate surface area is 122 Å². The van der Waals surface area contributed by atoms with Gasteiger partial charge >= 0.3 is 0 Å². The fourth-order valence-corrected chi connectivity index (χ4v) is 3.13. The van der Waals surface area contributed by atoms with Gasteiger partial charge in [0.1, 0.15) is 5.01 Å². The number of anilines is 1. The zero-order valence-corrected chi connectivity index (χ0v) is 12.7. The minimum absolute atomic E-state index is 0.542. The molecule has 0 unspecified atom stereocenters. The van der Waals surface area contributed by atoms with Gasteiger partial charge in [-0.05, 0) is 47.7 Å². The van der Waals surface area contributed by atoms with Crippen molar-refractivity contribution >= 4 is 50.9 Å². The third-order valence-corrected chi connectivity index (χ3v) is 4.32. The first kappa shape index (κ1) is 11.9. The van der Waals surface area contributed by atoms with Crippen molar-refractivity contribution < 1.29 is 0 Å². The molecule has 4 nitrogen and oxygen atoms in total. The Morgan fingerprint density at radius 3 is 2.94 bits per heavy atom. The standard InChI is InChI=1S/C12H11IN4S/c1-7-6-18-11(15-7)5-17-10-3-2-8(13)4-9(10)16-12(17)14/h2-4,6H,5H2,1H3,(H2,14,16). The Morgan fingerprint density at radius 2 is 2.22 bits per heavy atom. The van der Waals surface area contributed by atoms with Crippen molar-refractivity contribution in [2.24, 2.45) is 0 Å². The van der Waals surface area contributed by atoms with Crippen LogP contribution in [0, 0.1) is 10.5 Å². The highest BCUT2D eigenvalue weighted by molar-refractivity contribution is 14.1. The summed E-state index contributed by atoms with van der Waals surface area (Å²) in [4.78, 5) is 8.85. The first-order valence-corrected chi connectivity index (χ1v) is 7.41. The molecule has 92 valence electrons. The normalized spacial score (nSPS) is 11.2. The SMILES string of the molecule is Cc1csc(Cn2c(N)nc3cc(I)ccc32)n1. The second-order valence-electron chi connectivity index (χ2n) is 4.07. The third-order valence-electron chi connectivity index (χ3n) is 2.70. The van der Waals surface area contributed by atoms with Gasteiger partial charge in [-0.15, -0.1) is 11.3 Å². The molecule has 0 amide bonds. The van der Waals surface area contributed by atoms with E-state index in [0.29, 0.717) is 12.5 Å². The molecule has 0 bridgehead atoms. The molecule has 0 radical (unpaired) electrons. The van der Waals surface area contributed by atoms with Crippen molar-refractivity contribution in [1.29, 1.82) is 0 Å². The molecule has 0 aliphatic rings. The van der Waals surface area contributed by atoms with Gasteiger partial charge in [-0.25, -0.2) is 9.97 Å². The minimum Gasteiger partial charge on any atom is -0.369 e. The smallest absolute Gasteiger partial charge is 0.201 e. The summed E-state index contributed by atoms with van der Waals surface area (Å²) in [6, 6.07) is 6.16. The second-order valence-corrected chi connectivity index (χ2v) is 6.26. The average molecular weight is 370 g/mol. The molecule has 0 saturated carbocycles. The lowest BCUT2D eigenvalue weighted by molar-refractivity contribution is 0.826. The number of benzene rings is 1. The molecule has 3 rings (SSSR count). The number of nitrogens with two attached hydrogens (primary N) is 1. The van der Waals surface area contributed by atoms with Crippen LogP contribution in [0.5, 0.6) is 0 Å². The summed E-state index contributed by atoms with van der Waals surface area (Å²) >= 11 is 3.93. The van der Waals surface area contributed by atoms with E-state index in [1.54, 1.807) is 11.3 Å². The van der Waals surface area contributed by atoms with E-state index < -0.39 is 0 Å². The number of aryl methyl sites for hydroxylation is 1. The van der Waals surface area contributed by atoms with Crippen LogP contribution in [-0.4, -0.2) is 14.5 Å². The summed E-state index contributed by atoms with van der Waals surface area (Å²) in [5.41, 5.74) is 9.03. The van der Waals surface area contributed by atoms with Crippen LogP contribution in [0.15, 0.2) is 23.6 Å². The van der Waals surface area contributed by atoms with Gasteiger partial charge in [0, 0.05) is 14.6 Å². The highest BCUT2D eigenvalue weighted by Crippen LogP contribution is 2.22. The lowest BCUT2D eigenvalue weighted by atomic mass is 10.3. The van der Waals surface area contributed by atoms with Crippen LogP contribution >= 0.6 is 33.9 Å². The number of nitrogens with zero attached hydrogens (tertiary/aromatic N) is 3. The molecule has 0 fully saturated rings. The maximum atomic E-state index is 5.98. The van der Waals surface area contributed by atoms with Crippen molar-refractivity contribution in [2.45, 2.75) is 13.5 Å². The van der Waals surface area contributed by atoms with Gasteiger partial charge in [0.25, 0.3) is 0 Å². The van der Waals surface area contributed by atoms with Crippen molar-refractivity contribution in [2.75, 3.05) is 5.73 Å². The molecule has 0 saturated heterocycles. The summed E-state index contributed by atoms with van der Waals surface area (Å²) in [6.07, 6.45) is 0. The molecule has 18 heavy (non-hydrogen) atoms. The summed E-state index contributed by atoms with van der Waals surface area (Å²) < 4.78 is 3.17.